The number of hydrogen-bond donors (Lipinski definition) is 2. The molecule has 0 aliphatic carbocycles. The number of nitrogens with two attached hydrogens (primary N) is 1. The maximum atomic E-state index is 12.0. The molecule has 3 N–H and O–H groups in total. The number of furan rings is 1. The maximum absolute atomic E-state index is 12.0. The van der Waals surface area contributed by atoms with Crippen molar-refractivity contribution in [3.63, 3.8) is 0 Å². The third-order valence-electron chi connectivity index (χ3n) is 2.64. The second-order valence-electron chi connectivity index (χ2n) is 4.65. The second-order valence-corrected chi connectivity index (χ2v) is 6.39. The van der Waals surface area contributed by atoms with Crippen molar-refractivity contribution in [2.45, 2.75) is 18.4 Å². The molecule has 0 aromatic carbocycles. The highest BCUT2D eigenvalue weighted by Crippen LogP contribution is 2.19. The first kappa shape index (κ1) is 17.1. The van der Waals surface area contributed by atoms with E-state index in [2.05, 4.69) is 4.72 Å². The van der Waals surface area contributed by atoms with Gasteiger partial charge in [0.05, 0.1) is 19.8 Å². The van der Waals surface area contributed by atoms with Crippen LogP contribution in [-0.4, -0.2) is 53.7 Å². The number of nitrogens with one attached hydrogen (secondary N) is 1. The van der Waals surface area contributed by atoms with Crippen LogP contribution in [0.25, 0.3) is 0 Å². The molecule has 0 bridgehead atoms. The Hall–Kier alpha value is -0.930. The Kier molecular flexibility index (Phi) is 6.63. The predicted octanol–water partition coefficient (Wildman–Crippen LogP) is -0.0968. The van der Waals surface area contributed by atoms with E-state index in [1.807, 2.05) is 19.0 Å². The summed E-state index contributed by atoms with van der Waals surface area (Å²) in [7, 11) is 0.321. The molecule has 1 heterocycles. The Bertz CT molecular complexity index is 511. The topological polar surface area (TPSA) is 97.8 Å². The first-order chi connectivity index (χ1) is 9.36. The van der Waals surface area contributed by atoms with Crippen LogP contribution in [0.2, 0.25) is 0 Å². The fourth-order valence-electron chi connectivity index (χ4n) is 1.57. The van der Waals surface area contributed by atoms with E-state index in [9.17, 15) is 8.42 Å². The zero-order valence-electron chi connectivity index (χ0n) is 12.2. The van der Waals surface area contributed by atoms with Crippen molar-refractivity contribution in [1.82, 2.24) is 9.62 Å². The van der Waals surface area contributed by atoms with Crippen molar-refractivity contribution >= 4 is 10.0 Å². The summed E-state index contributed by atoms with van der Waals surface area (Å²) >= 11 is 0. The minimum atomic E-state index is -3.57. The van der Waals surface area contributed by atoms with E-state index in [4.69, 9.17) is 14.9 Å². The highest BCUT2D eigenvalue weighted by Gasteiger charge is 2.20. The lowest BCUT2D eigenvalue weighted by atomic mass is 10.4. The Morgan fingerprint density at radius 3 is 2.65 bits per heavy atom. The van der Waals surface area contributed by atoms with E-state index in [0.29, 0.717) is 24.7 Å². The van der Waals surface area contributed by atoms with Crippen molar-refractivity contribution in [3.8, 4) is 0 Å². The molecule has 0 amide bonds. The molecule has 0 atom stereocenters. The van der Waals surface area contributed by atoms with Crippen LogP contribution in [0.4, 0.5) is 0 Å². The van der Waals surface area contributed by atoms with Gasteiger partial charge in [0.15, 0.2) is 0 Å². The third kappa shape index (κ3) is 5.22. The average Bonchev–Trinajstić information content (AvgIpc) is 2.75. The monoisotopic (exact) mass is 305 g/mol. The number of hydrogen-bond acceptors (Lipinski definition) is 6. The summed E-state index contributed by atoms with van der Waals surface area (Å²) in [6.45, 7) is 3.68. The van der Waals surface area contributed by atoms with Gasteiger partial charge in [-0.25, -0.2) is 13.1 Å². The SMILES string of the molecule is Cc1oc(CN)cc1S(=O)(=O)NCCOCCN(C)C. The van der Waals surface area contributed by atoms with Gasteiger partial charge in [-0.05, 0) is 21.0 Å². The molecule has 0 spiro atoms. The van der Waals surface area contributed by atoms with Crippen LogP contribution in [0.15, 0.2) is 15.4 Å². The lowest BCUT2D eigenvalue weighted by Gasteiger charge is -2.10. The molecular weight excluding hydrogens is 282 g/mol. The van der Waals surface area contributed by atoms with Gasteiger partial charge in [-0.2, -0.15) is 0 Å². The van der Waals surface area contributed by atoms with Crippen molar-refractivity contribution in [3.05, 3.63) is 17.6 Å². The quantitative estimate of drug-likeness (QED) is 0.619. The van der Waals surface area contributed by atoms with Crippen molar-refractivity contribution in [2.24, 2.45) is 5.73 Å². The lowest BCUT2D eigenvalue weighted by Crippen LogP contribution is -2.28. The van der Waals surface area contributed by atoms with Gasteiger partial charge in [0.2, 0.25) is 10.0 Å². The summed E-state index contributed by atoms with van der Waals surface area (Å²) in [6, 6.07) is 1.45. The van der Waals surface area contributed by atoms with Crippen molar-refractivity contribution < 1.29 is 17.6 Å². The normalized spacial score (nSPS) is 12.2. The van der Waals surface area contributed by atoms with Gasteiger partial charge in [-0.3, -0.25) is 0 Å². The smallest absolute Gasteiger partial charge is 0.244 e. The van der Waals surface area contributed by atoms with Gasteiger partial charge in [-0.1, -0.05) is 0 Å². The molecule has 0 saturated heterocycles. The number of nitrogens with zero attached hydrogens (tertiary/aromatic N) is 1. The van der Waals surface area contributed by atoms with Crippen LogP contribution in [0.5, 0.6) is 0 Å². The number of likely N-dealkylation sites (N-methyl/N-ethyl adjacent to an activating group) is 1. The first-order valence-electron chi connectivity index (χ1n) is 6.38. The minimum Gasteiger partial charge on any atom is -0.464 e. The van der Waals surface area contributed by atoms with E-state index >= 15 is 0 Å². The molecule has 0 radical (unpaired) electrons. The molecule has 0 aliphatic rings. The van der Waals surface area contributed by atoms with Crippen LogP contribution in [-0.2, 0) is 21.3 Å². The molecule has 0 fully saturated rings. The summed E-state index contributed by atoms with van der Waals surface area (Å²) in [5, 5.41) is 0. The molecule has 1 rings (SSSR count). The number of aryl methyl sites for hydroxylation is 1. The molecular formula is C12H23N3O4S. The largest absolute Gasteiger partial charge is 0.464 e. The fraction of sp³-hybridized carbons (Fsp3) is 0.667. The van der Waals surface area contributed by atoms with Crippen molar-refractivity contribution in [1.29, 1.82) is 0 Å². The Balaban J connectivity index is 2.43. The van der Waals surface area contributed by atoms with E-state index in [1.54, 1.807) is 6.92 Å². The van der Waals surface area contributed by atoms with Crippen LogP contribution >= 0.6 is 0 Å². The van der Waals surface area contributed by atoms with Crippen LogP contribution in [0.1, 0.15) is 11.5 Å². The standard InChI is InChI=1S/C12H23N3O4S/c1-10-12(8-11(9-13)19-10)20(16,17)14-4-6-18-7-5-15(2)3/h8,14H,4-7,9,13H2,1-3H3. The van der Waals surface area contributed by atoms with Crippen LogP contribution in [0.3, 0.4) is 0 Å². The Morgan fingerprint density at radius 1 is 1.40 bits per heavy atom. The van der Waals surface area contributed by atoms with Gasteiger partial charge >= 0.3 is 0 Å². The first-order valence-corrected chi connectivity index (χ1v) is 7.86. The molecule has 8 heteroatoms. The highest BCUT2D eigenvalue weighted by atomic mass is 32.2. The molecule has 0 aliphatic heterocycles. The van der Waals surface area contributed by atoms with Gasteiger partial charge in [0.25, 0.3) is 0 Å². The summed E-state index contributed by atoms with van der Waals surface area (Å²) in [6.07, 6.45) is 0. The van der Waals surface area contributed by atoms with E-state index < -0.39 is 10.0 Å². The third-order valence-corrected chi connectivity index (χ3v) is 4.20. The summed E-state index contributed by atoms with van der Waals surface area (Å²) in [4.78, 5) is 2.12. The van der Waals surface area contributed by atoms with Gasteiger partial charge in [-0.15, -0.1) is 0 Å². The fourth-order valence-corrected chi connectivity index (χ4v) is 2.78. The molecule has 1 aromatic rings. The van der Waals surface area contributed by atoms with E-state index in [1.165, 1.54) is 6.07 Å². The number of sulfonamides is 1. The van der Waals surface area contributed by atoms with Gasteiger partial charge < -0.3 is 19.8 Å². The van der Waals surface area contributed by atoms with Gasteiger partial charge in [0, 0.05) is 19.2 Å². The summed E-state index contributed by atoms with van der Waals surface area (Å²) in [5.41, 5.74) is 5.42. The Labute approximate surface area is 120 Å². The molecule has 1 aromatic heterocycles. The maximum Gasteiger partial charge on any atom is 0.244 e. The zero-order valence-corrected chi connectivity index (χ0v) is 13.0. The number of ether oxygens (including phenoxy) is 1. The molecule has 20 heavy (non-hydrogen) atoms. The molecule has 7 nitrogen and oxygen atoms in total. The van der Waals surface area contributed by atoms with E-state index in [-0.39, 0.29) is 18.0 Å². The van der Waals surface area contributed by atoms with Crippen LogP contribution < -0.4 is 10.5 Å². The Morgan fingerprint density at radius 2 is 2.10 bits per heavy atom. The van der Waals surface area contributed by atoms with Gasteiger partial charge in [0.1, 0.15) is 16.4 Å². The molecule has 0 unspecified atom stereocenters. The molecule has 0 saturated carbocycles. The highest BCUT2D eigenvalue weighted by molar-refractivity contribution is 7.89. The second kappa shape index (κ2) is 7.75. The zero-order chi connectivity index (χ0) is 15.2. The van der Waals surface area contributed by atoms with E-state index in [0.717, 1.165) is 6.54 Å². The summed E-state index contributed by atoms with van der Waals surface area (Å²) < 4.78 is 37.1. The number of rotatable bonds is 9. The van der Waals surface area contributed by atoms with Crippen molar-refractivity contribution in [2.75, 3.05) is 40.4 Å². The van der Waals surface area contributed by atoms with Crippen LogP contribution in [0, 0.1) is 6.92 Å². The summed E-state index contributed by atoms with van der Waals surface area (Å²) in [5.74, 6) is 0.789. The predicted molar refractivity (Wildman–Crippen MR) is 75.9 cm³/mol. The molecule has 116 valence electrons. The minimum absolute atomic E-state index is 0.131. The average molecular weight is 305 g/mol. The lowest BCUT2D eigenvalue weighted by molar-refractivity contribution is 0.122.